The Hall–Kier alpha value is -2.32. The van der Waals surface area contributed by atoms with Crippen LogP contribution in [0.15, 0.2) is 18.3 Å². The second kappa shape index (κ2) is 6.84. The number of carboxylic acids is 1. The van der Waals surface area contributed by atoms with Crippen molar-refractivity contribution in [2.45, 2.75) is 19.0 Å². The summed E-state index contributed by atoms with van der Waals surface area (Å²) in [6.07, 6.45) is -2.79. The number of nitrogens with one attached hydrogen (secondary N) is 1. The average molecular weight is 331 g/mol. The molecule has 0 radical (unpaired) electrons. The topological polar surface area (TPSA) is 82.5 Å². The zero-order chi connectivity index (χ0) is 17.0. The number of carbonyl (C=O) groups is 2. The van der Waals surface area contributed by atoms with Crippen LogP contribution in [-0.4, -0.2) is 46.6 Å². The molecule has 23 heavy (non-hydrogen) atoms. The van der Waals surface area contributed by atoms with E-state index >= 15 is 0 Å². The number of rotatable bonds is 4. The van der Waals surface area contributed by atoms with Crippen molar-refractivity contribution in [2.75, 3.05) is 19.6 Å². The van der Waals surface area contributed by atoms with Crippen molar-refractivity contribution in [1.82, 2.24) is 15.2 Å². The lowest BCUT2D eigenvalue weighted by molar-refractivity contribution is -0.141. The molecule has 1 aliphatic heterocycles. The summed E-state index contributed by atoms with van der Waals surface area (Å²) in [4.78, 5) is 27.9. The number of carbonyl (C=O) groups excluding carboxylic acids is 1. The molecule has 2 N–H and O–H groups in total. The molecule has 2 rings (SSSR count). The van der Waals surface area contributed by atoms with Crippen LogP contribution in [0.1, 0.15) is 17.7 Å². The van der Waals surface area contributed by atoms with Gasteiger partial charge < -0.3 is 15.3 Å². The number of pyridine rings is 1. The summed E-state index contributed by atoms with van der Waals surface area (Å²) < 4.78 is 37.7. The molecule has 9 heteroatoms. The maximum absolute atomic E-state index is 12.6. The highest BCUT2D eigenvalue weighted by atomic mass is 19.4. The van der Waals surface area contributed by atoms with Gasteiger partial charge in [0.25, 0.3) is 0 Å². The lowest BCUT2D eigenvalue weighted by Gasteiger charge is -2.16. The number of alkyl halides is 3. The Morgan fingerprint density at radius 2 is 2.17 bits per heavy atom. The third-order valence-electron chi connectivity index (χ3n) is 3.63. The fourth-order valence-corrected chi connectivity index (χ4v) is 2.35. The Morgan fingerprint density at radius 1 is 1.43 bits per heavy atom. The van der Waals surface area contributed by atoms with E-state index in [9.17, 15) is 22.8 Å². The second-order valence-corrected chi connectivity index (χ2v) is 5.29. The van der Waals surface area contributed by atoms with Gasteiger partial charge in [-0.15, -0.1) is 0 Å². The number of nitrogens with zero attached hydrogens (tertiary/aromatic N) is 2. The summed E-state index contributed by atoms with van der Waals surface area (Å²) in [6, 6.07) is 1.42. The van der Waals surface area contributed by atoms with Crippen LogP contribution in [0.4, 0.5) is 18.0 Å². The zero-order valence-electron chi connectivity index (χ0n) is 12.1. The fourth-order valence-electron chi connectivity index (χ4n) is 2.35. The van der Waals surface area contributed by atoms with Crippen LogP contribution in [0.5, 0.6) is 0 Å². The van der Waals surface area contributed by atoms with Crippen molar-refractivity contribution < 1.29 is 27.9 Å². The first kappa shape index (κ1) is 17.0. The third kappa shape index (κ3) is 4.57. The number of urea groups is 1. The van der Waals surface area contributed by atoms with E-state index in [0.29, 0.717) is 13.0 Å². The molecule has 1 aliphatic rings. The summed E-state index contributed by atoms with van der Waals surface area (Å²) in [5.74, 6) is -1.50. The Kier molecular flexibility index (Phi) is 5.07. The van der Waals surface area contributed by atoms with E-state index in [1.807, 2.05) is 0 Å². The molecule has 0 bridgehead atoms. The Morgan fingerprint density at radius 3 is 2.78 bits per heavy atom. The van der Waals surface area contributed by atoms with Crippen molar-refractivity contribution in [3.63, 3.8) is 0 Å². The van der Waals surface area contributed by atoms with Gasteiger partial charge in [0.15, 0.2) is 0 Å². The molecule has 0 aliphatic carbocycles. The summed E-state index contributed by atoms with van der Waals surface area (Å²) >= 11 is 0. The molecular formula is C14H16F3N3O3. The number of aromatic nitrogens is 1. The number of carboxylic acid groups (broad SMARTS) is 1. The minimum atomic E-state index is -4.43. The Bertz CT molecular complexity index is 592. The van der Waals surface area contributed by atoms with Gasteiger partial charge in [-0.25, -0.2) is 4.79 Å². The first-order chi connectivity index (χ1) is 10.8. The summed E-state index contributed by atoms with van der Waals surface area (Å²) in [5, 5.41) is 11.4. The van der Waals surface area contributed by atoms with E-state index in [-0.39, 0.29) is 25.2 Å². The molecule has 1 aromatic heterocycles. The number of halogens is 3. The number of likely N-dealkylation sites (tertiary alicyclic amines) is 1. The van der Waals surface area contributed by atoms with E-state index < -0.39 is 29.7 Å². The zero-order valence-corrected chi connectivity index (χ0v) is 12.1. The molecule has 1 unspecified atom stereocenters. The van der Waals surface area contributed by atoms with Gasteiger partial charge in [-0.2, -0.15) is 13.2 Å². The Labute approximate surface area is 130 Å². The lowest BCUT2D eigenvalue weighted by Crippen LogP contribution is -2.39. The van der Waals surface area contributed by atoms with Gasteiger partial charge in [0.1, 0.15) is 0 Å². The molecule has 2 amide bonds. The van der Waals surface area contributed by atoms with Crippen molar-refractivity contribution in [3.8, 4) is 0 Å². The van der Waals surface area contributed by atoms with Gasteiger partial charge in [-0.05, 0) is 18.6 Å². The predicted octanol–water partition coefficient (Wildman–Crippen LogP) is 1.76. The standard InChI is InChI=1S/C14H16F3N3O3/c15-14(16,17)10-1-4-18-11(7-10)2-5-19-13(23)20-6-3-9(8-20)12(21)22/h1,4,7,9H,2-3,5-6,8H2,(H,19,23)(H,21,22). The number of amides is 2. The highest BCUT2D eigenvalue weighted by Gasteiger charge is 2.31. The number of hydrogen-bond acceptors (Lipinski definition) is 3. The van der Waals surface area contributed by atoms with E-state index in [4.69, 9.17) is 5.11 Å². The van der Waals surface area contributed by atoms with Gasteiger partial charge in [-0.1, -0.05) is 0 Å². The normalized spacial score (nSPS) is 18.0. The lowest BCUT2D eigenvalue weighted by atomic mass is 10.1. The quantitative estimate of drug-likeness (QED) is 0.881. The van der Waals surface area contributed by atoms with Crippen LogP contribution < -0.4 is 5.32 Å². The predicted molar refractivity (Wildman–Crippen MR) is 73.7 cm³/mol. The molecule has 2 heterocycles. The molecule has 0 spiro atoms. The maximum atomic E-state index is 12.6. The number of hydrogen-bond donors (Lipinski definition) is 2. The summed E-state index contributed by atoms with van der Waals surface area (Å²) in [7, 11) is 0. The molecule has 126 valence electrons. The third-order valence-corrected chi connectivity index (χ3v) is 3.63. The van der Waals surface area contributed by atoms with Crippen molar-refractivity contribution in [3.05, 3.63) is 29.6 Å². The molecule has 1 saturated heterocycles. The van der Waals surface area contributed by atoms with Gasteiger partial charge in [0.2, 0.25) is 0 Å². The minimum Gasteiger partial charge on any atom is -0.481 e. The van der Waals surface area contributed by atoms with Crippen LogP contribution >= 0.6 is 0 Å². The highest BCUT2D eigenvalue weighted by molar-refractivity contribution is 5.77. The minimum absolute atomic E-state index is 0.126. The smallest absolute Gasteiger partial charge is 0.416 e. The first-order valence-corrected chi connectivity index (χ1v) is 7.05. The van der Waals surface area contributed by atoms with Crippen molar-refractivity contribution in [1.29, 1.82) is 0 Å². The van der Waals surface area contributed by atoms with Gasteiger partial charge in [0.05, 0.1) is 11.5 Å². The summed E-state index contributed by atoms with van der Waals surface area (Å²) in [6.45, 7) is 0.620. The molecule has 0 saturated carbocycles. The molecule has 1 atom stereocenters. The van der Waals surface area contributed by atoms with Crippen LogP contribution in [0.3, 0.4) is 0 Å². The largest absolute Gasteiger partial charge is 0.481 e. The molecule has 0 aromatic carbocycles. The average Bonchev–Trinajstić information content (AvgIpc) is 2.97. The van der Waals surface area contributed by atoms with E-state index in [1.54, 1.807) is 0 Å². The monoisotopic (exact) mass is 331 g/mol. The summed E-state index contributed by atoms with van der Waals surface area (Å²) in [5.41, 5.74) is -0.553. The molecular weight excluding hydrogens is 315 g/mol. The Balaban J connectivity index is 1.81. The van der Waals surface area contributed by atoms with Gasteiger partial charge >= 0.3 is 18.2 Å². The van der Waals surface area contributed by atoms with Crippen LogP contribution in [0.2, 0.25) is 0 Å². The highest BCUT2D eigenvalue weighted by Crippen LogP contribution is 2.29. The maximum Gasteiger partial charge on any atom is 0.416 e. The van der Waals surface area contributed by atoms with Crippen molar-refractivity contribution >= 4 is 12.0 Å². The SMILES string of the molecule is O=C(O)C1CCN(C(=O)NCCc2cc(C(F)(F)F)ccn2)C1. The van der Waals surface area contributed by atoms with E-state index in [0.717, 1.165) is 18.3 Å². The first-order valence-electron chi connectivity index (χ1n) is 7.05. The molecule has 1 aromatic rings. The number of aliphatic carboxylic acids is 1. The van der Waals surface area contributed by atoms with Gasteiger partial charge in [0, 0.05) is 37.9 Å². The van der Waals surface area contributed by atoms with Crippen molar-refractivity contribution in [2.24, 2.45) is 5.92 Å². The fraction of sp³-hybridized carbons (Fsp3) is 0.500. The molecule has 6 nitrogen and oxygen atoms in total. The van der Waals surface area contributed by atoms with E-state index in [2.05, 4.69) is 10.3 Å². The van der Waals surface area contributed by atoms with Crippen LogP contribution in [0.25, 0.3) is 0 Å². The van der Waals surface area contributed by atoms with E-state index in [1.165, 1.54) is 4.90 Å². The van der Waals surface area contributed by atoms with Crippen LogP contribution in [0, 0.1) is 5.92 Å². The molecule has 1 fully saturated rings. The van der Waals surface area contributed by atoms with Crippen LogP contribution in [-0.2, 0) is 17.4 Å². The van der Waals surface area contributed by atoms with Gasteiger partial charge in [-0.3, -0.25) is 9.78 Å². The second-order valence-electron chi connectivity index (χ2n) is 5.29.